The van der Waals surface area contributed by atoms with Crippen molar-refractivity contribution in [2.75, 3.05) is 27.4 Å². The van der Waals surface area contributed by atoms with Crippen LogP contribution in [-0.2, 0) is 23.8 Å². The molecule has 0 saturated heterocycles. The quantitative estimate of drug-likeness (QED) is 0.368. The van der Waals surface area contributed by atoms with Crippen molar-refractivity contribution in [3.8, 4) is 0 Å². The van der Waals surface area contributed by atoms with Gasteiger partial charge in [-0.15, -0.1) is 0 Å². The number of hydrogen-bond acceptors (Lipinski definition) is 5. The molecule has 0 aromatic carbocycles. The number of rotatable bonds is 8. The van der Waals surface area contributed by atoms with Crippen molar-refractivity contribution in [3.05, 3.63) is 0 Å². The molecular formula is C12H22O5. The topological polar surface area (TPSA) is 61.8 Å². The molecule has 100 valence electrons. The van der Waals surface area contributed by atoms with Crippen LogP contribution >= 0.6 is 0 Å². The molecular weight excluding hydrogens is 224 g/mol. The lowest BCUT2D eigenvalue weighted by Crippen LogP contribution is -2.27. The third-order valence-corrected chi connectivity index (χ3v) is 2.36. The Kier molecular flexibility index (Phi) is 8.40. The third kappa shape index (κ3) is 6.94. The van der Waals surface area contributed by atoms with E-state index in [4.69, 9.17) is 4.74 Å². The molecule has 0 aliphatic heterocycles. The van der Waals surface area contributed by atoms with Gasteiger partial charge in [0.05, 0.1) is 14.2 Å². The zero-order chi connectivity index (χ0) is 13.3. The van der Waals surface area contributed by atoms with Gasteiger partial charge in [0.25, 0.3) is 0 Å². The summed E-state index contributed by atoms with van der Waals surface area (Å²) in [4.78, 5) is 22.6. The summed E-state index contributed by atoms with van der Waals surface area (Å²) in [5.74, 6) is -1.47. The van der Waals surface area contributed by atoms with E-state index in [0.717, 1.165) is 6.42 Å². The van der Waals surface area contributed by atoms with Crippen LogP contribution in [0, 0.1) is 11.8 Å². The number of methoxy groups -OCH3 is 2. The average Bonchev–Trinajstić information content (AvgIpc) is 2.31. The van der Waals surface area contributed by atoms with Crippen LogP contribution in [0.1, 0.15) is 26.7 Å². The molecule has 0 aliphatic rings. The highest BCUT2D eigenvalue weighted by atomic mass is 16.5. The smallest absolute Gasteiger partial charge is 0.320 e. The van der Waals surface area contributed by atoms with Crippen LogP contribution in [0.3, 0.4) is 0 Å². The van der Waals surface area contributed by atoms with E-state index in [2.05, 4.69) is 23.3 Å². The summed E-state index contributed by atoms with van der Waals surface area (Å²) in [6.45, 7) is 5.19. The highest BCUT2D eigenvalue weighted by Crippen LogP contribution is 2.09. The molecule has 0 aliphatic carbocycles. The Bertz CT molecular complexity index is 221. The fraction of sp³-hybridized carbons (Fsp3) is 0.833. The monoisotopic (exact) mass is 246 g/mol. The third-order valence-electron chi connectivity index (χ3n) is 2.36. The van der Waals surface area contributed by atoms with Gasteiger partial charge in [0.1, 0.15) is 0 Å². The minimum atomic E-state index is -0.885. The molecule has 0 N–H and O–H groups in total. The lowest BCUT2D eigenvalue weighted by atomic mass is 10.1. The SMILES string of the molecule is COC(=O)C(CCOCCC(C)C)C(=O)OC. The predicted octanol–water partition coefficient (Wildman–Crippen LogP) is 1.40. The van der Waals surface area contributed by atoms with E-state index in [1.807, 2.05) is 0 Å². The van der Waals surface area contributed by atoms with Crippen molar-refractivity contribution in [2.45, 2.75) is 26.7 Å². The second kappa shape index (κ2) is 8.98. The van der Waals surface area contributed by atoms with Crippen molar-refractivity contribution in [1.82, 2.24) is 0 Å². The van der Waals surface area contributed by atoms with Gasteiger partial charge in [0, 0.05) is 13.2 Å². The van der Waals surface area contributed by atoms with Crippen LogP contribution in [0.5, 0.6) is 0 Å². The molecule has 0 spiro atoms. The second-order valence-corrected chi connectivity index (χ2v) is 4.18. The fourth-order valence-electron chi connectivity index (χ4n) is 1.24. The summed E-state index contributed by atoms with van der Waals surface area (Å²) >= 11 is 0. The van der Waals surface area contributed by atoms with E-state index in [9.17, 15) is 9.59 Å². The molecule has 5 heteroatoms. The van der Waals surface area contributed by atoms with Gasteiger partial charge in [-0.2, -0.15) is 0 Å². The number of carbonyl (C=O) groups excluding carboxylic acids is 2. The van der Waals surface area contributed by atoms with Gasteiger partial charge in [-0.3, -0.25) is 9.59 Å². The van der Waals surface area contributed by atoms with Crippen molar-refractivity contribution >= 4 is 11.9 Å². The molecule has 5 nitrogen and oxygen atoms in total. The minimum absolute atomic E-state index is 0.289. The Balaban J connectivity index is 3.93. The largest absolute Gasteiger partial charge is 0.468 e. The van der Waals surface area contributed by atoms with E-state index in [0.29, 0.717) is 19.1 Å². The van der Waals surface area contributed by atoms with Crippen molar-refractivity contribution in [2.24, 2.45) is 11.8 Å². The molecule has 17 heavy (non-hydrogen) atoms. The molecule has 0 aromatic rings. The lowest BCUT2D eigenvalue weighted by molar-refractivity contribution is -0.159. The molecule has 0 aromatic heterocycles. The lowest BCUT2D eigenvalue weighted by Gasteiger charge is -2.12. The highest BCUT2D eigenvalue weighted by Gasteiger charge is 2.28. The first-order valence-electron chi connectivity index (χ1n) is 5.76. The maximum Gasteiger partial charge on any atom is 0.320 e. The number of esters is 2. The van der Waals surface area contributed by atoms with Gasteiger partial charge >= 0.3 is 11.9 Å². The summed E-state index contributed by atoms with van der Waals surface area (Å²) in [5, 5.41) is 0. The summed E-state index contributed by atoms with van der Waals surface area (Å²) in [6.07, 6.45) is 1.25. The van der Waals surface area contributed by atoms with Gasteiger partial charge in [-0.05, 0) is 18.8 Å². The molecule has 0 amide bonds. The molecule has 0 fully saturated rings. The zero-order valence-electron chi connectivity index (χ0n) is 11.0. The van der Waals surface area contributed by atoms with E-state index >= 15 is 0 Å². The first-order chi connectivity index (χ1) is 8.02. The first-order valence-corrected chi connectivity index (χ1v) is 5.76. The molecule has 0 heterocycles. The van der Waals surface area contributed by atoms with E-state index < -0.39 is 17.9 Å². The van der Waals surface area contributed by atoms with E-state index in [-0.39, 0.29) is 6.42 Å². The maximum atomic E-state index is 11.3. The average molecular weight is 246 g/mol. The molecule has 0 rings (SSSR count). The number of hydrogen-bond donors (Lipinski definition) is 0. The predicted molar refractivity (Wildman–Crippen MR) is 62.4 cm³/mol. The molecule has 0 radical (unpaired) electrons. The van der Waals surface area contributed by atoms with E-state index in [1.54, 1.807) is 0 Å². The maximum absolute atomic E-state index is 11.3. The summed E-state index contributed by atoms with van der Waals surface area (Å²) in [6, 6.07) is 0. The Morgan fingerprint density at radius 1 is 0.941 bits per heavy atom. The first kappa shape index (κ1) is 15.9. The van der Waals surface area contributed by atoms with E-state index in [1.165, 1.54) is 14.2 Å². The van der Waals surface area contributed by atoms with Gasteiger partial charge < -0.3 is 14.2 Å². The Hall–Kier alpha value is -1.10. The zero-order valence-corrected chi connectivity index (χ0v) is 11.0. The standard InChI is InChI=1S/C12H22O5/c1-9(2)5-7-17-8-6-10(11(13)15-3)12(14)16-4/h9-10H,5-8H2,1-4H3. The number of ether oxygens (including phenoxy) is 3. The van der Waals surface area contributed by atoms with Crippen LogP contribution in [0.4, 0.5) is 0 Å². The fourth-order valence-corrected chi connectivity index (χ4v) is 1.24. The van der Waals surface area contributed by atoms with Crippen LogP contribution in [-0.4, -0.2) is 39.4 Å². The van der Waals surface area contributed by atoms with Gasteiger partial charge in [-0.25, -0.2) is 0 Å². The van der Waals surface area contributed by atoms with Gasteiger partial charge in [-0.1, -0.05) is 13.8 Å². The molecule has 0 saturated carbocycles. The van der Waals surface area contributed by atoms with Crippen molar-refractivity contribution < 1.29 is 23.8 Å². The van der Waals surface area contributed by atoms with Crippen LogP contribution in [0.2, 0.25) is 0 Å². The van der Waals surface area contributed by atoms with Crippen molar-refractivity contribution in [3.63, 3.8) is 0 Å². The summed E-state index contributed by atoms with van der Waals surface area (Å²) in [7, 11) is 2.50. The summed E-state index contributed by atoms with van der Waals surface area (Å²) in [5.41, 5.74) is 0. The second-order valence-electron chi connectivity index (χ2n) is 4.18. The Labute approximate surface area is 102 Å². The summed E-state index contributed by atoms with van der Waals surface area (Å²) < 4.78 is 14.4. The molecule has 0 bridgehead atoms. The van der Waals surface area contributed by atoms with Gasteiger partial charge in [0.15, 0.2) is 5.92 Å². The Morgan fingerprint density at radius 2 is 1.41 bits per heavy atom. The normalized spacial score (nSPS) is 10.7. The van der Waals surface area contributed by atoms with Crippen molar-refractivity contribution in [1.29, 1.82) is 0 Å². The van der Waals surface area contributed by atoms with Crippen LogP contribution in [0.15, 0.2) is 0 Å². The molecule has 0 unspecified atom stereocenters. The minimum Gasteiger partial charge on any atom is -0.468 e. The van der Waals surface area contributed by atoms with Crippen LogP contribution < -0.4 is 0 Å². The Morgan fingerprint density at radius 3 is 1.82 bits per heavy atom. The number of carbonyl (C=O) groups is 2. The highest BCUT2D eigenvalue weighted by molar-refractivity contribution is 5.94. The molecule has 0 atom stereocenters. The van der Waals surface area contributed by atoms with Crippen LogP contribution in [0.25, 0.3) is 0 Å². The van der Waals surface area contributed by atoms with Gasteiger partial charge in [0.2, 0.25) is 0 Å².